The minimum absolute atomic E-state index is 0.257. The van der Waals surface area contributed by atoms with Crippen LogP contribution in [0.15, 0.2) is 35.5 Å². The van der Waals surface area contributed by atoms with E-state index in [9.17, 15) is 9.59 Å². The third-order valence-corrected chi connectivity index (χ3v) is 5.07. The van der Waals surface area contributed by atoms with E-state index >= 15 is 0 Å². The molecule has 8 heteroatoms. The Morgan fingerprint density at radius 2 is 1.97 bits per heavy atom. The fourth-order valence-corrected chi connectivity index (χ4v) is 3.31. The average molecular weight is 431 g/mol. The average Bonchev–Trinajstić information content (AvgIpc) is 2.75. The Morgan fingerprint density at radius 1 is 1.29 bits per heavy atom. The van der Waals surface area contributed by atoms with Gasteiger partial charge in [0, 0.05) is 37.6 Å². The minimum atomic E-state index is -0.851. The van der Waals surface area contributed by atoms with Crippen molar-refractivity contribution in [3.05, 3.63) is 41.6 Å². The van der Waals surface area contributed by atoms with E-state index in [-0.39, 0.29) is 6.09 Å². The number of allylic oxidation sites excluding steroid dienone is 1. The van der Waals surface area contributed by atoms with Crippen LogP contribution in [-0.4, -0.2) is 55.5 Å². The van der Waals surface area contributed by atoms with Gasteiger partial charge in [-0.25, -0.2) is 4.79 Å². The molecule has 1 amide bonds. The molecule has 0 bridgehead atoms. The molecule has 0 radical (unpaired) electrons. The van der Waals surface area contributed by atoms with Crippen molar-refractivity contribution in [3.63, 3.8) is 0 Å². The highest BCUT2D eigenvalue weighted by Crippen LogP contribution is 2.21. The highest BCUT2D eigenvalue weighted by Gasteiger charge is 2.26. The number of hydrogen-bond donors (Lipinski definition) is 2. The van der Waals surface area contributed by atoms with Crippen LogP contribution in [0.4, 0.5) is 4.79 Å². The van der Waals surface area contributed by atoms with Crippen molar-refractivity contribution >= 4 is 23.9 Å². The number of amides is 1. The first-order valence-corrected chi connectivity index (χ1v) is 10.5. The first-order valence-electron chi connectivity index (χ1n) is 10.5. The molecular formula is C23H34N4O4. The van der Waals surface area contributed by atoms with Gasteiger partial charge in [0.15, 0.2) is 0 Å². The summed E-state index contributed by atoms with van der Waals surface area (Å²) < 4.78 is 10.1. The van der Waals surface area contributed by atoms with Crippen LogP contribution in [0.2, 0.25) is 0 Å². The number of carbonyl (C=O) groups excluding carboxylic acids is 2. The maximum Gasteiger partial charge on any atom is 0.410 e. The maximum atomic E-state index is 12.2. The smallest absolute Gasteiger partial charge is 0.410 e. The second-order valence-electron chi connectivity index (χ2n) is 8.65. The summed E-state index contributed by atoms with van der Waals surface area (Å²) in [6, 6.07) is 6.44. The molecule has 1 aliphatic heterocycles. The highest BCUT2D eigenvalue weighted by atomic mass is 16.6. The van der Waals surface area contributed by atoms with Crippen LogP contribution in [0.3, 0.4) is 0 Å². The van der Waals surface area contributed by atoms with Crippen molar-refractivity contribution in [1.29, 1.82) is 0 Å². The van der Waals surface area contributed by atoms with Gasteiger partial charge in [-0.05, 0) is 56.7 Å². The largest absolute Gasteiger partial charge is 0.468 e. The van der Waals surface area contributed by atoms with Crippen LogP contribution in [0.1, 0.15) is 50.8 Å². The third kappa shape index (κ3) is 7.40. The number of piperidine rings is 1. The lowest BCUT2D eigenvalue weighted by Crippen LogP contribution is -2.42. The Bertz CT molecular complexity index is 821. The number of likely N-dealkylation sites (tertiary alicyclic amines) is 1. The summed E-state index contributed by atoms with van der Waals surface area (Å²) in [5, 5.41) is 0. The van der Waals surface area contributed by atoms with Crippen molar-refractivity contribution in [2.75, 3.05) is 26.7 Å². The summed E-state index contributed by atoms with van der Waals surface area (Å²) in [4.78, 5) is 30.2. The molecule has 1 aromatic carbocycles. The fraction of sp³-hybridized carbons (Fsp3) is 0.522. The molecule has 1 saturated heterocycles. The van der Waals surface area contributed by atoms with Crippen molar-refractivity contribution in [2.24, 2.45) is 22.4 Å². The van der Waals surface area contributed by atoms with Gasteiger partial charge in [-0.3, -0.25) is 9.79 Å². The highest BCUT2D eigenvalue weighted by molar-refractivity contribution is 6.09. The SMILES string of the molecule is COC(=O)C(N)c1cccc(/C(C=NCC2CCN(C(=O)OC(C)(C)C)CC2)=C/N)c1. The second-order valence-corrected chi connectivity index (χ2v) is 8.65. The first-order chi connectivity index (χ1) is 14.6. The van der Waals surface area contributed by atoms with E-state index in [1.807, 2.05) is 39.0 Å². The summed E-state index contributed by atoms with van der Waals surface area (Å²) >= 11 is 0. The Balaban J connectivity index is 1.91. The molecule has 1 fully saturated rings. The van der Waals surface area contributed by atoms with Crippen LogP contribution in [0.5, 0.6) is 0 Å². The molecule has 4 N–H and O–H groups in total. The van der Waals surface area contributed by atoms with Gasteiger partial charge < -0.3 is 25.8 Å². The molecule has 2 rings (SSSR count). The van der Waals surface area contributed by atoms with Gasteiger partial charge in [-0.1, -0.05) is 18.2 Å². The minimum Gasteiger partial charge on any atom is -0.468 e. The lowest BCUT2D eigenvalue weighted by Gasteiger charge is -2.32. The molecule has 170 valence electrons. The number of nitrogens with two attached hydrogens (primary N) is 2. The number of nitrogens with zero attached hydrogens (tertiary/aromatic N) is 2. The van der Waals surface area contributed by atoms with Gasteiger partial charge in [-0.15, -0.1) is 0 Å². The number of rotatable bonds is 6. The monoisotopic (exact) mass is 430 g/mol. The molecule has 1 heterocycles. The van der Waals surface area contributed by atoms with E-state index < -0.39 is 17.6 Å². The molecular weight excluding hydrogens is 396 g/mol. The lowest BCUT2D eigenvalue weighted by atomic mass is 9.97. The van der Waals surface area contributed by atoms with Gasteiger partial charge >= 0.3 is 12.1 Å². The fourth-order valence-electron chi connectivity index (χ4n) is 3.31. The number of aliphatic imine (C=N–C) groups is 1. The zero-order chi connectivity index (χ0) is 23.0. The maximum absolute atomic E-state index is 12.2. The van der Waals surface area contributed by atoms with Crippen molar-refractivity contribution in [1.82, 2.24) is 4.90 Å². The van der Waals surface area contributed by atoms with Gasteiger partial charge in [-0.2, -0.15) is 0 Å². The summed E-state index contributed by atoms with van der Waals surface area (Å²) in [5.41, 5.74) is 13.5. The van der Waals surface area contributed by atoms with Gasteiger partial charge in [0.05, 0.1) is 7.11 Å². The quantitative estimate of drug-likeness (QED) is 0.529. The predicted molar refractivity (Wildman–Crippen MR) is 121 cm³/mol. The van der Waals surface area contributed by atoms with E-state index in [0.717, 1.165) is 24.0 Å². The van der Waals surface area contributed by atoms with E-state index in [1.165, 1.54) is 13.3 Å². The predicted octanol–water partition coefficient (Wildman–Crippen LogP) is 2.88. The summed E-state index contributed by atoms with van der Waals surface area (Å²) in [6.07, 6.45) is 4.72. The molecule has 8 nitrogen and oxygen atoms in total. The molecule has 0 aromatic heterocycles. The van der Waals surface area contributed by atoms with E-state index in [4.69, 9.17) is 20.9 Å². The number of benzene rings is 1. The van der Waals surface area contributed by atoms with E-state index in [2.05, 4.69) is 4.99 Å². The molecule has 0 spiro atoms. The zero-order valence-electron chi connectivity index (χ0n) is 18.8. The molecule has 1 atom stereocenters. The molecule has 0 saturated carbocycles. The Kier molecular flexibility index (Phi) is 8.62. The number of esters is 1. The number of hydrogen-bond acceptors (Lipinski definition) is 7. The second kappa shape index (κ2) is 10.9. The zero-order valence-corrected chi connectivity index (χ0v) is 18.8. The molecule has 0 aliphatic carbocycles. The Morgan fingerprint density at radius 3 is 2.55 bits per heavy atom. The van der Waals surface area contributed by atoms with E-state index in [1.54, 1.807) is 17.2 Å². The Labute approximate surface area is 184 Å². The van der Waals surface area contributed by atoms with Gasteiger partial charge in [0.2, 0.25) is 0 Å². The number of ether oxygens (including phenoxy) is 2. The summed E-state index contributed by atoms with van der Waals surface area (Å²) in [6.45, 7) is 7.60. The standard InChI is InChI=1S/C23H34N4O4/c1-23(2,3)31-22(29)27-10-8-16(9-11-27)14-26-15-19(13-24)17-6-5-7-18(12-17)20(25)21(28)30-4/h5-7,12-13,15-16,20H,8-11,14,24-25H2,1-4H3/b19-13+,26-15?. The molecule has 1 aliphatic rings. The first kappa shape index (κ1) is 24.4. The number of methoxy groups -OCH3 is 1. The van der Waals surface area contributed by atoms with Crippen molar-refractivity contribution in [2.45, 2.75) is 45.3 Å². The number of carbonyl (C=O) groups is 2. The van der Waals surface area contributed by atoms with E-state index in [0.29, 0.717) is 31.1 Å². The van der Waals surface area contributed by atoms with Crippen LogP contribution < -0.4 is 11.5 Å². The molecule has 31 heavy (non-hydrogen) atoms. The third-order valence-electron chi connectivity index (χ3n) is 5.07. The van der Waals surface area contributed by atoms with Gasteiger partial charge in [0.1, 0.15) is 11.6 Å². The van der Waals surface area contributed by atoms with Gasteiger partial charge in [0.25, 0.3) is 0 Å². The van der Waals surface area contributed by atoms with Crippen LogP contribution >= 0.6 is 0 Å². The van der Waals surface area contributed by atoms with Crippen molar-refractivity contribution in [3.8, 4) is 0 Å². The van der Waals surface area contributed by atoms with Crippen LogP contribution in [0, 0.1) is 5.92 Å². The summed E-state index contributed by atoms with van der Waals surface area (Å²) in [7, 11) is 1.31. The lowest BCUT2D eigenvalue weighted by molar-refractivity contribution is -0.142. The summed E-state index contributed by atoms with van der Waals surface area (Å²) in [5.74, 6) is -0.102. The molecule has 1 unspecified atom stereocenters. The van der Waals surface area contributed by atoms with Crippen LogP contribution in [0.25, 0.3) is 5.57 Å². The molecule has 1 aromatic rings. The normalized spacial score (nSPS) is 16.9. The Hall–Kier alpha value is -2.87. The van der Waals surface area contributed by atoms with Crippen molar-refractivity contribution < 1.29 is 19.1 Å². The van der Waals surface area contributed by atoms with Crippen LogP contribution in [-0.2, 0) is 14.3 Å². The topological polar surface area (TPSA) is 120 Å².